The van der Waals surface area contributed by atoms with Gasteiger partial charge in [0, 0.05) is 38.3 Å². The molecule has 0 saturated carbocycles. The Bertz CT molecular complexity index is 803. The fourth-order valence-corrected chi connectivity index (χ4v) is 2.90. The van der Waals surface area contributed by atoms with E-state index in [1.807, 2.05) is 35.2 Å². The van der Waals surface area contributed by atoms with E-state index in [0.29, 0.717) is 0 Å². The summed E-state index contributed by atoms with van der Waals surface area (Å²) in [7, 11) is 0. The molecule has 2 aromatic carbocycles. The number of carboxylic acids is 2. The Morgan fingerprint density at radius 1 is 0.821 bits per heavy atom. The number of aryl methyl sites for hydroxylation is 1. The van der Waals surface area contributed by atoms with Crippen LogP contribution < -0.4 is 0 Å². The highest BCUT2D eigenvalue weighted by molar-refractivity contribution is 6.27. The summed E-state index contributed by atoms with van der Waals surface area (Å²) in [6, 6.07) is 18.1. The number of carboxylic acid groups (broad SMARTS) is 2. The van der Waals surface area contributed by atoms with E-state index in [-0.39, 0.29) is 5.91 Å². The molecule has 1 aliphatic heterocycles. The van der Waals surface area contributed by atoms with Crippen molar-refractivity contribution < 1.29 is 24.6 Å². The van der Waals surface area contributed by atoms with E-state index in [0.717, 1.165) is 38.3 Å². The van der Waals surface area contributed by atoms with Crippen LogP contribution >= 0.6 is 0 Å². The van der Waals surface area contributed by atoms with Crippen LogP contribution in [0.5, 0.6) is 0 Å². The van der Waals surface area contributed by atoms with E-state index < -0.39 is 11.9 Å². The summed E-state index contributed by atoms with van der Waals surface area (Å²) >= 11 is 0. The van der Waals surface area contributed by atoms with Crippen molar-refractivity contribution in [2.45, 2.75) is 13.5 Å². The lowest BCUT2D eigenvalue weighted by molar-refractivity contribution is -0.159. The molecule has 0 aliphatic carbocycles. The molecule has 2 N–H and O–H groups in total. The van der Waals surface area contributed by atoms with Crippen molar-refractivity contribution in [1.29, 1.82) is 0 Å². The molecular formula is C21H24N2O5. The van der Waals surface area contributed by atoms with E-state index in [2.05, 4.69) is 36.1 Å². The van der Waals surface area contributed by atoms with Gasteiger partial charge in [-0.25, -0.2) is 9.59 Å². The second-order valence-corrected chi connectivity index (χ2v) is 6.47. The van der Waals surface area contributed by atoms with Gasteiger partial charge < -0.3 is 15.1 Å². The maximum Gasteiger partial charge on any atom is 0.414 e. The smallest absolute Gasteiger partial charge is 0.414 e. The maximum absolute atomic E-state index is 12.4. The third-order valence-electron chi connectivity index (χ3n) is 4.52. The molecule has 1 heterocycles. The van der Waals surface area contributed by atoms with Crippen LogP contribution in [0.25, 0.3) is 0 Å². The summed E-state index contributed by atoms with van der Waals surface area (Å²) in [6.45, 7) is 6.61. The third kappa shape index (κ3) is 6.21. The molecule has 0 unspecified atom stereocenters. The number of hydrogen-bond acceptors (Lipinski definition) is 4. The fraction of sp³-hybridized carbons (Fsp3) is 0.286. The van der Waals surface area contributed by atoms with Crippen LogP contribution in [-0.2, 0) is 16.1 Å². The van der Waals surface area contributed by atoms with Crippen LogP contribution in [-0.4, -0.2) is 64.0 Å². The molecular weight excluding hydrogens is 360 g/mol. The van der Waals surface area contributed by atoms with E-state index >= 15 is 0 Å². The molecule has 0 atom stereocenters. The standard InChI is InChI=1S/C19H22N2O.C2H2O4/c1-16-7-5-6-10-18(16)15-20-11-13-21(14-12-20)19(22)17-8-3-2-4-9-17;3-1(4)2(5)6/h2-10H,11-15H2,1H3;(H,3,4)(H,5,6). The normalized spacial score (nSPS) is 14.0. The van der Waals surface area contributed by atoms with Crippen LogP contribution in [0.15, 0.2) is 54.6 Å². The zero-order valence-corrected chi connectivity index (χ0v) is 15.7. The minimum atomic E-state index is -1.82. The van der Waals surface area contributed by atoms with Crippen LogP contribution in [0.1, 0.15) is 21.5 Å². The summed E-state index contributed by atoms with van der Waals surface area (Å²) in [5.74, 6) is -3.50. The first-order valence-corrected chi connectivity index (χ1v) is 8.96. The summed E-state index contributed by atoms with van der Waals surface area (Å²) in [4.78, 5) is 35.0. The molecule has 28 heavy (non-hydrogen) atoms. The van der Waals surface area contributed by atoms with Gasteiger partial charge in [0.1, 0.15) is 0 Å². The lowest BCUT2D eigenvalue weighted by Gasteiger charge is -2.35. The van der Waals surface area contributed by atoms with E-state index in [1.165, 1.54) is 11.1 Å². The Kier molecular flexibility index (Phi) is 7.71. The molecule has 2 aromatic rings. The molecule has 0 spiro atoms. The van der Waals surface area contributed by atoms with Crippen LogP contribution in [0, 0.1) is 6.92 Å². The van der Waals surface area contributed by atoms with Crippen molar-refractivity contribution in [2.75, 3.05) is 26.2 Å². The Balaban J connectivity index is 0.000000409. The molecule has 3 rings (SSSR count). The number of nitrogens with zero attached hydrogens (tertiary/aromatic N) is 2. The number of rotatable bonds is 3. The molecule has 1 amide bonds. The van der Waals surface area contributed by atoms with Gasteiger partial charge >= 0.3 is 11.9 Å². The highest BCUT2D eigenvalue weighted by Crippen LogP contribution is 2.14. The first kappa shape index (κ1) is 21.1. The molecule has 0 aromatic heterocycles. The zero-order valence-electron chi connectivity index (χ0n) is 15.7. The third-order valence-corrected chi connectivity index (χ3v) is 4.52. The van der Waals surface area contributed by atoms with Crippen molar-refractivity contribution in [3.05, 3.63) is 71.3 Å². The highest BCUT2D eigenvalue weighted by Gasteiger charge is 2.22. The summed E-state index contributed by atoms with van der Waals surface area (Å²) in [5.41, 5.74) is 3.51. The number of piperazine rings is 1. The average Bonchev–Trinajstić information content (AvgIpc) is 2.71. The van der Waals surface area contributed by atoms with Crippen LogP contribution in [0.3, 0.4) is 0 Å². The van der Waals surface area contributed by atoms with Gasteiger partial charge in [-0.1, -0.05) is 42.5 Å². The van der Waals surface area contributed by atoms with Crippen molar-refractivity contribution in [1.82, 2.24) is 9.80 Å². The predicted octanol–water partition coefficient (Wildman–Crippen LogP) is 2.11. The number of amides is 1. The number of carbonyl (C=O) groups is 3. The van der Waals surface area contributed by atoms with Crippen molar-refractivity contribution >= 4 is 17.8 Å². The minimum absolute atomic E-state index is 0.149. The minimum Gasteiger partial charge on any atom is -0.473 e. The lowest BCUT2D eigenvalue weighted by Crippen LogP contribution is -2.48. The summed E-state index contributed by atoms with van der Waals surface area (Å²) < 4.78 is 0. The molecule has 0 bridgehead atoms. The van der Waals surface area contributed by atoms with Gasteiger partial charge in [-0.3, -0.25) is 9.69 Å². The number of carbonyl (C=O) groups excluding carboxylic acids is 1. The molecule has 1 fully saturated rings. The Morgan fingerprint density at radius 3 is 1.89 bits per heavy atom. The predicted molar refractivity (Wildman–Crippen MR) is 104 cm³/mol. The second kappa shape index (κ2) is 10.2. The number of benzene rings is 2. The molecule has 0 radical (unpaired) electrons. The SMILES string of the molecule is Cc1ccccc1CN1CCN(C(=O)c2ccccc2)CC1.O=C(O)C(=O)O. The van der Waals surface area contributed by atoms with Crippen molar-refractivity contribution in [3.63, 3.8) is 0 Å². The van der Waals surface area contributed by atoms with Crippen LogP contribution in [0.2, 0.25) is 0 Å². The van der Waals surface area contributed by atoms with Gasteiger partial charge in [0.05, 0.1) is 0 Å². The van der Waals surface area contributed by atoms with E-state index in [4.69, 9.17) is 19.8 Å². The first-order valence-electron chi connectivity index (χ1n) is 8.96. The van der Waals surface area contributed by atoms with Crippen LogP contribution in [0.4, 0.5) is 0 Å². The van der Waals surface area contributed by atoms with Gasteiger partial charge in [-0.15, -0.1) is 0 Å². The van der Waals surface area contributed by atoms with Gasteiger partial charge in [-0.05, 0) is 30.2 Å². The van der Waals surface area contributed by atoms with Gasteiger partial charge in [-0.2, -0.15) is 0 Å². The second-order valence-electron chi connectivity index (χ2n) is 6.47. The van der Waals surface area contributed by atoms with E-state index in [1.54, 1.807) is 0 Å². The monoisotopic (exact) mass is 384 g/mol. The van der Waals surface area contributed by atoms with Crippen molar-refractivity contribution in [2.24, 2.45) is 0 Å². The number of aliphatic carboxylic acids is 2. The Hall–Kier alpha value is -3.19. The Labute approximate surface area is 163 Å². The molecule has 148 valence electrons. The summed E-state index contributed by atoms with van der Waals surface area (Å²) in [6.07, 6.45) is 0. The van der Waals surface area contributed by atoms with Gasteiger partial charge in [0.2, 0.25) is 0 Å². The first-order chi connectivity index (χ1) is 13.4. The molecule has 1 saturated heterocycles. The quantitative estimate of drug-likeness (QED) is 0.787. The van der Waals surface area contributed by atoms with Gasteiger partial charge in [0.15, 0.2) is 0 Å². The highest BCUT2D eigenvalue weighted by atomic mass is 16.4. The van der Waals surface area contributed by atoms with E-state index in [9.17, 15) is 4.79 Å². The fourth-order valence-electron chi connectivity index (χ4n) is 2.90. The summed E-state index contributed by atoms with van der Waals surface area (Å²) in [5, 5.41) is 14.8. The maximum atomic E-state index is 12.4. The average molecular weight is 384 g/mol. The topological polar surface area (TPSA) is 98.2 Å². The molecule has 7 nitrogen and oxygen atoms in total. The number of hydrogen-bond donors (Lipinski definition) is 2. The largest absolute Gasteiger partial charge is 0.473 e. The molecule has 7 heteroatoms. The Morgan fingerprint density at radius 2 is 1.36 bits per heavy atom. The van der Waals surface area contributed by atoms with Gasteiger partial charge in [0.25, 0.3) is 5.91 Å². The lowest BCUT2D eigenvalue weighted by atomic mass is 10.1. The molecule has 1 aliphatic rings. The van der Waals surface area contributed by atoms with Crippen molar-refractivity contribution in [3.8, 4) is 0 Å². The zero-order chi connectivity index (χ0) is 20.5.